The number of rotatable bonds is 7. The highest BCUT2D eigenvalue weighted by Crippen LogP contribution is 2.20. The first-order valence-corrected chi connectivity index (χ1v) is 8.69. The van der Waals surface area contributed by atoms with Crippen molar-refractivity contribution < 1.29 is 22.7 Å². The Morgan fingerprint density at radius 3 is 2.46 bits per heavy atom. The number of halogens is 1. The lowest BCUT2D eigenvalue weighted by atomic mass is 10.3. The zero-order valence-corrected chi connectivity index (χ0v) is 14.6. The first-order valence-electron chi connectivity index (χ1n) is 6.83. The Bertz CT molecular complexity index is 817. The van der Waals surface area contributed by atoms with Crippen LogP contribution in [0.2, 0.25) is 5.15 Å². The SMILES string of the molecule is COc1ccc(OCCC(=O)NS(=O)(=O)c2cnn(C)c2Cl)cc1. The molecule has 0 saturated carbocycles. The maximum atomic E-state index is 12.1. The lowest BCUT2D eigenvalue weighted by molar-refractivity contribution is -0.119. The minimum Gasteiger partial charge on any atom is -0.497 e. The molecule has 1 amide bonds. The average Bonchev–Trinajstić information content (AvgIpc) is 2.88. The topological polar surface area (TPSA) is 99.5 Å². The van der Waals surface area contributed by atoms with Crippen LogP contribution in [0.1, 0.15) is 6.42 Å². The number of hydrogen-bond acceptors (Lipinski definition) is 6. The maximum absolute atomic E-state index is 12.1. The van der Waals surface area contributed by atoms with Crippen molar-refractivity contribution in [2.75, 3.05) is 13.7 Å². The van der Waals surface area contributed by atoms with Crippen LogP contribution in [-0.4, -0.2) is 37.8 Å². The van der Waals surface area contributed by atoms with Crippen molar-refractivity contribution in [1.82, 2.24) is 14.5 Å². The summed E-state index contributed by atoms with van der Waals surface area (Å²) in [6.07, 6.45) is 0.939. The summed E-state index contributed by atoms with van der Waals surface area (Å²) in [5.74, 6) is 0.518. The third-order valence-electron chi connectivity index (χ3n) is 3.03. The van der Waals surface area contributed by atoms with Gasteiger partial charge >= 0.3 is 0 Å². The highest BCUT2D eigenvalue weighted by Gasteiger charge is 2.23. The van der Waals surface area contributed by atoms with E-state index < -0.39 is 15.9 Å². The molecule has 0 fully saturated rings. The van der Waals surface area contributed by atoms with E-state index in [-0.39, 0.29) is 23.1 Å². The molecule has 0 unspecified atom stereocenters. The second-order valence-corrected chi connectivity index (χ2v) is 6.73. The molecule has 0 atom stereocenters. The van der Waals surface area contributed by atoms with Crippen LogP contribution in [-0.2, 0) is 21.9 Å². The predicted octanol–water partition coefficient (Wildman–Crippen LogP) is 1.36. The van der Waals surface area contributed by atoms with Gasteiger partial charge in [0.25, 0.3) is 10.0 Å². The molecule has 130 valence electrons. The van der Waals surface area contributed by atoms with Gasteiger partial charge in [0.1, 0.15) is 21.5 Å². The van der Waals surface area contributed by atoms with Gasteiger partial charge in [-0.3, -0.25) is 9.48 Å². The minimum absolute atomic E-state index is 0.0223. The second-order valence-electron chi connectivity index (χ2n) is 4.73. The summed E-state index contributed by atoms with van der Waals surface area (Å²) in [6.45, 7) is 0.0223. The molecule has 0 radical (unpaired) electrons. The fourth-order valence-corrected chi connectivity index (χ4v) is 3.22. The third kappa shape index (κ3) is 4.39. The summed E-state index contributed by atoms with van der Waals surface area (Å²) in [5.41, 5.74) is 0. The fraction of sp³-hybridized carbons (Fsp3) is 0.286. The van der Waals surface area contributed by atoms with E-state index in [9.17, 15) is 13.2 Å². The monoisotopic (exact) mass is 373 g/mol. The van der Waals surface area contributed by atoms with Gasteiger partial charge in [-0.2, -0.15) is 5.10 Å². The van der Waals surface area contributed by atoms with Crippen molar-refractivity contribution in [2.24, 2.45) is 7.05 Å². The Morgan fingerprint density at radius 1 is 1.29 bits per heavy atom. The van der Waals surface area contributed by atoms with E-state index in [1.54, 1.807) is 31.4 Å². The van der Waals surface area contributed by atoms with E-state index in [1.807, 2.05) is 4.72 Å². The summed E-state index contributed by atoms with van der Waals surface area (Å²) < 4.78 is 37.6. The summed E-state index contributed by atoms with van der Waals surface area (Å²) in [6, 6.07) is 6.79. The van der Waals surface area contributed by atoms with Crippen LogP contribution in [0.4, 0.5) is 0 Å². The number of aryl methyl sites for hydroxylation is 1. The van der Waals surface area contributed by atoms with Crippen molar-refractivity contribution in [3.8, 4) is 11.5 Å². The Balaban J connectivity index is 1.87. The van der Waals surface area contributed by atoms with E-state index in [0.29, 0.717) is 11.5 Å². The normalized spacial score (nSPS) is 11.1. The first-order chi connectivity index (χ1) is 11.3. The molecule has 2 rings (SSSR count). The molecule has 1 N–H and O–H groups in total. The van der Waals surface area contributed by atoms with E-state index >= 15 is 0 Å². The number of methoxy groups -OCH3 is 1. The molecule has 24 heavy (non-hydrogen) atoms. The molecule has 1 aromatic carbocycles. The smallest absolute Gasteiger partial charge is 0.268 e. The van der Waals surface area contributed by atoms with Gasteiger partial charge in [-0.1, -0.05) is 11.6 Å². The number of carbonyl (C=O) groups is 1. The zero-order valence-electron chi connectivity index (χ0n) is 13.0. The van der Waals surface area contributed by atoms with Gasteiger partial charge in [-0.15, -0.1) is 0 Å². The summed E-state index contributed by atoms with van der Waals surface area (Å²) >= 11 is 5.82. The Kier molecular flexibility index (Phi) is 5.68. The summed E-state index contributed by atoms with van der Waals surface area (Å²) in [7, 11) is -1.02. The van der Waals surface area contributed by atoms with Gasteiger partial charge < -0.3 is 9.47 Å². The number of nitrogens with one attached hydrogen (secondary N) is 1. The molecule has 0 saturated heterocycles. The van der Waals surface area contributed by atoms with E-state index in [2.05, 4.69) is 5.10 Å². The van der Waals surface area contributed by atoms with Gasteiger partial charge in [0.15, 0.2) is 0 Å². The first kappa shape index (κ1) is 18.1. The summed E-state index contributed by atoms with van der Waals surface area (Å²) in [5, 5.41) is 3.65. The molecule has 0 aliphatic rings. The van der Waals surface area contributed by atoms with Gasteiger partial charge in [0, 0.05) is 7.05 Å². The van der Waals surface area contributed by atoms with Gasteiger partial charge in [-0.05, 0) is 24.3 Å². The Morgan fingerprint density at radius 2 is 1.92 bits per heavy atom. The predicted molar refractivity (Wildman–Crippen MR) is 86.7 cm³/mol. The van der Waals surface area contributed by atoms with Crippen molar-refractivity contribution in [3.63, 3.8) is 0 Å². The molecule has 1 heterocycles. The highest BCUT2D eigenvalue weighted by molar-refractivity contribution is 7.90. The molecule has 8 nitrogen and oxygen atoms in total. The molecule has 0 spiro atoms. The van der Waals surface area contributed by atoms with Crippen LogP contribution in [0.15, 0.2) is 35.4 Å². The van der Waals surface area contributed by atoms with Crippen molar-refractivity contribution in [3.05, 3.63) is 35.6 Å². The van der Waals surface area contributed by atoms with Gasteiger partial charge in [0.2, 0.25) is 5.91 Å². The fourth-order valence-electron chi connectivity index (χ4n) is 1.77. The van der Waals surface area contributed by atoms with Crippen LogP contribution >= 0.6 is 11.6 Å². The number of carbonyl (C=O) groups excluding carboxylic acids is 1. The highest BCUT2D eigenvalue weighted by atomic mass is 35.5. The van der Waals surface area contributed by atoms with Crippen LogP contribution in [0.5, 0.6) is 11.5 Å². The third-order valence-corrected chi connectivity index (χ3v) is 4.97. The Labute approximate surface area is 144 Å². The number of ether oxygens (including phenoxy) is 2. The molecular formula is C14H16ClN3O5S. The quantitative estimate of drug-likeness (QED) is 0.786. The number of nitrogens with zero attached hydrogens (tertiary/aromatic N) is 2. The van der Waals surface area contributed by atoms with Crippen LogP contribution < -0.4 is 14.2 Å². The standard InChI is InChI=1S/C14H16ClN3O5S/c1-18-14(15)12(9-16-18)24(20,21)17-13(19)7-8-23-11-5-3-10(22-2)4-6-11/h3-6,9H,7-8H2,1-2H3,(H,17,19). The second kappa shape index (κ2) is 7.54. The maximum Gasteiger partial charge on any atom is 0.268 e. The number of hydrogen-bond donors (Lipinski definition) is 1. The van der Waals surface area contributed by atoms with E-state index in [4.69, 9.17) is 21.1 Å². The van der Waals surface area contributed by atoms with Crippen molar-refractivity contribution in [1.29, 1.82) is 0 Å². The van der Waals surface area contributed by atoms with Crippen LogP contribution in [0.25, 0.3) is 0 Å². The van der Waals surface area contributed by atoms with Crippen LogP contribution in [0, 0.1) is 0 Å². The number of benzene rings is 1. The largest absolute Gasteiger partial charge is 0.497 e. The van der Waals surface area contributed by atoms with Gasteiger partial charge in [0.05, 0.1) is 26.3 Å². The van der Waals surface area contributed by atoms with Gasteiger partial charge in [-0.25, -0.2) is 13.1 Å². The molecule has 2 aromatic rings. The molecule has 10 heteroatoms. The zero-order chi connectivity index (χ0) is 17.7. The Hall–Kier alpha value is -2.26. The summed E-state index contributed by atoms with van der Waals surface area (Å²) in [4.78, 5) is 11.5. The van der Waals surface area contributed by atoms with E-state index in [1.165, 1.54) is 11.7 Å². The minimum atomic E-state index is -4.06. The number of sulfonamides is 1. The van der Waals surface area contributed by atoms with Crippen molar-refractivity contribution in [2.45, 2.75) is 11.3 Å². The molecule has 0 aliphatic heterocycles. The van der Waals surface area contributed by atoms with E-state index in [0.717, 1.165) is 6.20 Å². The number of aromatic nitrogens is 2. The molecule has 1 aromatic heterocycles. The lowest BCUT2D eigenvalue weighted by Gasteiger charge is -2.08. The van der Waals surface area contributed by atoms with Crippen molar-refractivity contribution >= 4 is 27.5 Å². The molecular weight excluding hydrogens is 358 g/mol. The number of amides is 1. The lowest BCUT2D eigenvalue weighted by Crippen LogP contribution is -2.31. The molecule has 0 aliphatic carbocycles. The van der Waals surface area contributed by atoms with Crippen LogP contribution in [0.3, 0.4) is 0 Å². The average molecular weight is 374 g/mol. The molecule has 0 bridgehead atoms.